The van der Waals surface area contributed by atoms with Gasteiger partial charge in [0.15, 0.2) is 0 Å². The number of aliphatic hydroxyl groups excluding tert-OH is 1. The van der Waals surface area contributed by atoms with E-state index in [4.69, 9.17) is 9.84 Å². The largest absolute Gasteiger partial charge is 0.457 e. The third kappa shape index (κ3) is 4.21. The molecule has 0 spiro atoms. The van der Waals surface area contributed by atoms with E-state index in [2.05, 4.69) is 0 Å². The fourth-order valence-electron chi connectivity index (χ4n) is 2.19. The molecule has 0 saturated heterocycles. The number of benzene rings is 1. The van der Waals surface area contributed by atoms with Crippen LogP contribution in [0.25, 0.3) is 0 Å². The first-order chi connectivity index (χ1) is 8.99. The summed E-state index contributed by atoms with van der Waals surface area (Å²) >= 11 is 0. The molecule has 0 unspecified atom stereocenters. The zero-order chi connectivity index (χ0) is 14.4. The minimum atomic E-state index is -0.328. The van der Waals surface area contributed by atoms with Crippen LogP contribution in [0.5, 0.6) is 0 Å². The molecule has 1 aromatic rings. The van der Waals surface area contributed by atoms with E-state index >= 15 is 0 Å². The van der Waals surface area contributed by atoms with Gasteiger partial charge < -0.3 is 9.84 Å². The second kappa shape index (κ2) is 7.10. The zero-order valence-corrected chi connectivity index (χ0v) is 12.1. The van der Waals surface area contributed by atoms with Crippen LogP contribution in [0.3, 0.4) is 0 Å². The third-order valence-corrected chi connectivity index (χ3v) is 2.97. The van der Waals surface area contributed by atoms with Crippen molar-refractivity contribution < 1.29 is 14.6 Å². The Hall–Kier alpha value is -1.61. The van der Waals surface area contributed by atoms with E-state index in [0.717, 1.165) is 28.7 Å². The molecule has 0 aromatic heterocycles. The van der Waals surface area contributed by atoms with Crippen LogP contribution in [0.2, 0.25) is 0 Å². The van der Waals surface area contributed by atoms with Crippen molar-refractivity contribution >= 4 is 5.97 Å². The minimum Gasteiger partial charge on any atom is -0.457 e. The smallest absolute Gasteiger partial charge is 0.338 e. The van der Waals surface area contributed by atoms with E-state index in [1.54, 1.807) is 0 Å². The number of carbonyl (C=O) groups excluding carboxylic acids is 1. The molecule has 3 nitrogen and oxygen atoms in total. The first-order valence-corrected chi connectivity index (χ1v) is 6.53. The van der Waals surface area contributed by atoms with Gasteiger partial charge in [-0.1, -0.05) is 30.7 Å². The molecule has 1 N–H and O–H groups in total. The van der Waals surface area contributed by atoms with Gasteiger partial charge >= 0.3 is 5.97 Å². The van der Waals surface area contributed by atoms with E-state index in [-0.39, 0.29) is 19.2 Å². The lowest BCUT2D eigenvalue weighted by molar-refractivity contribution is 0.0529. The van der Waals surface area contributed by atoms with E-state index in [1.165, 1.54) is 0 Å². The SMILES string of the molecule is CC/C=C(/CO)COC(=O)c1c(C)cc(C)cc1C. The molecule has 0 fully saturated rings. The number of allylic oxidation sites excluding steroid dienone is 1. The van der Waals surface area contributed by atoms with Crippen LogP contribution in [0, 0.1) is 20.8 Å². The van der Waals surface area contributed by atoms with Crippen molar-refractivity contribution in [1.82, 2.24) is 0 Å². The predicted octanol–water partition coefficient (Wildman–Crippen LogP) is 3.10. The quantitative estimate of drug-likeness (QED) is 0.655. The summed E-state index contributed by atoms with van der Waals surface area (Å²) in [5, 5.41) is 9.13. The number of esters is 1. The summed E-state index contributed by atoms with van der Waals surface area (Å²) in [6, 6.07) is 3.94. The number of hydrogen-bond acceptors (Lipinski definition) is 3. The molecule has 0 aliphatic rings. The molecule has 0 atom stereocenters. The van der Waals surface area contributed by atoms with Crippen LogP contribution in [-0.4, -0.2) is 24.3 Å². The normalized spacial score (nSPS) is 11.5. The maximum absolute atomic E-state index is 12.1. The summed E-state index contributed by atoms with van der Waals surface area (Å²) in [4.78, 5) is 12.1. The van der Waals surface area contributed by atoms with Gasteiger partial charge in [-0.15, -0.1) is 0 Å². The van der Waals surface area contributed by atoms with Crippen LogP contribution in [0.15, 0.2) is 23.8 Å². The van der Waals surface area contributed by atoms with E-state index < -0.39 is 0 Å². The Morgan fingerprint density at radius 2 is 1.84 bits per heavy atom. The topological polar surface area (TPSA) is 46.5 Å². The molecule has 1 rings (SSSR count). The number of rotatable bonds is 5. The number of hydrogen-bond donors (Lipinski definition) is 1. The summed E-state index contributed by atoms with van der Waals surface area (Å²) in [5.74, 6) is -0.328. The molecule has 0 aliphatic carbocycles. The lowest BCUT2D eigenvalue weighted by Crippen LogP contribution is -2.12. The number of aliphatic hydroxyl groups is 1. The van der Waals surface area contributed by atoms with Crippen LogP contribution in [-0.2, 0) is 4.74 Å². The molecule has 0 saturated carbocycles. The molecule has 19 heavy (non-hydrogen) atoms. The maximum atomic E-state index is 12.1. The highest BCUT2D eigenvalue weighted by Crippen LogP contribution is 2.17. The average Bonchev–Trinajstić information content (AvgIpc) is 2.33. The molecule has 0 radical (unpaired) electrons. The van der Waals surface area contributed by atoms with Gasteiger partial charge in [-0.25, -0.2) is 4.79 Å². The van der Waals surface area contributed by atoms with Crippen LogP contribution < -0.4 is 0 Å². The van der Waals surface area contributed by atoms with Crippen molar-refractivity contribution in [3.05, 3.63) is 46.0 Å². The molecule has 0 bridgehead atoms. The highest BCUT2D eigenvalue weighted by molar-refractivity contribution is 5.92. The number of ether oxygens (including phenoxy) is 1. The maximum Gasteiger partial charge on any atom is 0.338 e. The fourth-order valence-corrected chi connectivity index (χ4v) is 2.19. The Morgan fingerprint density at radius 1 is 1.26 bits per heavy atom. The molecule has 104 valence electrons. The molecular formula is C16H22O3. The lowest BCUT2D eigenvalue weighted by atomic mass is 10.00. The standard InChI is InChI=1S/C16H22O3/c1-5-6-14(9-17)10-19-16(18)15-12(3)7-11(2)8-13(15)4/h6-8,17H,5,9-10H2,1-4H3/b14-6-. The second-order valence-corrected chi connectivity index (χ2v) is 4.78. The minimum absolute atomic E-state index is 0.0764. The lowest BCUT2D eigenvalue weighted by Gasteiger charge is -2.11. The summed E-state index contributed by atoms with van der Waals surface area (Å²) < 4.78 is 5.27. The Balaban J connectivity index is 2.82. The Kier molecular flexibility index (Phi) is 5.77. The van der Waals surface area contributed by atoms with Gasteiger partial charge in [0.2, 0.25) is 0 Å². The Morgan fingerprint density at radius 3 is 2.32 bits per heavy atom. The molecule has 0 aliphatic heterocycles. The van der Waals surface area contributed by atoms with Crippen LogP contribution in [0.4, 0.5) is 0 Å². The molecule has 0 heterocycles. The monoisotopic (exact) mass is 262 g/mol. The molecule has 0 amide bonds. The number of carbonyl (C=O) groups is 1. The summed E-state index contributed by atoms with van der Waals surface area (Å²) in [5.41, 5.74) is 4.34. The average molecular weight is 262 g/mol. The molecule has 3 heteroatoms. The number of aryl methyl sites for hydroxylation is 3. The van der Waals surface area contributed by atoms with Gasteiger partial charge in [0.1, 0.15) is 6.61 Å². The zero-order valence-electron chi connectivity index (χ0n) is 12.1. The second-order valence-electron chi connectivity index (χ2n) is 4.78. The highest BCUT2D eigenvalue weighted by Gasteiger charge is 2.14. The fraction of sp³-hybridized carbons (Fsp3) is 0.438. The van der Waals surface area contributed by atoms with Crippen molar-refractivity contribution in [3.8, 4) is 0 Å². The molecular weight excluding hydrogens is 240 g/mol. The predicted molar refractivity (Wildman–Crippen MR) is 76.4 cm³/mol. The van der Waals surface area contributed by atoms with Gasteiger partial charge in [-0.05, 0) is 43.9 Å². The van der Waals surface area contributed by atoms with Gasteiger partial charge in [0.25, 0.3) is 0 Å². The Bertz CT molecular complexity index is 464. The van der Waals surface area contributed by atoms with Gasteiger partial charge in [-0.3, -0.25) is 0 Å². The highest BCUT2D eigenvalue weighted by atomic mass is 16.5. The van der Waals surface area contributed by atoms with Gasteiger partial charge in [0, 0.05) is 0 Å². The summed E-state index contributed by atoms with van der Waals surface area (Å²) in [6.45, 7) is 7.87. The first kappa shape index (κ1) is 15.4. The summed E-state index contributed by atoms with van der Waals surface area (Å²) in [6.07, 6.45) is 2.69. The molecule has 1 aromatic carbocycles. The van der Waals surface area contributed by atoms with E-state index in [9.17, 15) is 4.79 Å². The van der Waals surface area contributed by atoms with Crippen molar-refractivity contribution in [3.63, 3.8) is 0 Å². The van der Waals surface area contributed by atoms with Gasteiger partial charge in [-0.2, -0.15) is 0 Å². The van der Waals surface area contributed by atoms with Crippen LogP contribution in [0.1, 0.15) is 40.4 Å². The van der Waals surface area contributed by atoms with E-state index in [1.807, 2.05) is 45.9 Å². The van der Waals surface area contributed by atoms with E-state index in [0.29, 0.717) is 5.56 Å². The third-order valence-electron chi connectivity index (χ3n) is 2.97. The van der Waals surface area contributed by atoms with Crippen molar-refractivity contribution in [2.24, 2.45) is 0 Å². The van der Waals surface area contributed by atoms with Crippen molar-refractivity contribution in [2.45, 2.75) is 34.1 Å². The summed E-state index contributed by atoms with van der Waals surface area (Å²) in [7, 11) is 0. The van der Waals surface area contributed by atoms with Crippen molar-refractivity contribution in [1.29, 1.82) is 0 Å². The van der Waals surface area contributed by atoms with Gasteiger partial charge in [0.05, 0.1) is 12.2 Å². The van der Waals surface area contributed by atoms with Crippen LogP contribution >= 0.6 is 0 Å². The van der Waals surface area contributed by atoms with Crippen molar-refractivity contribution in [2.75, 3.05) is 13.2 Å². The Labute approximate surface area is 114 Å². The first-order valence-electron chi connectivity index (χ1n) is 6.53.